The maximum atomic E-state index is 10.9. The highest BCUT2D eigenvalue weighted by Crippen LogP contribution is 2.24. The molecule has 0 aliphatic carbocycles. The minimum absolute atomic E-state index is 0.211. The fourth-order valence-electron chi connectivity index (χ4n) is 0.868. The number of allylic oxidation sites excluding steroid dienone is 4. The highest BCUT2D eigenvalue weighted by molar-refractivity contribution is 8.03. The molecule has 0 atom stereocenters. The minimum Gasteiger partial charge on any atom is -0.478 e. The molecule has 0 aromatic heterocycles. The average molecular weight is 225 g/mol. The van der Waals surface area contributed by atoms with Crippen molar-refractivity contribution in [2.75, 3.05) is 12.3 Å². The highest BCUT2D eigenvalue weighted by atomic mass is 32.2. The van der Waals surface area contributed by atoms with E-state index in [4.69, 9.17) is 10.8 Å². The fraction of sp³-hybridized carbons (Fsp3) is 0.182. The van der Waals surface area contributed by atoms with Crippen LogP contribution in [0.1, 0.15) is 0 Å². The van der Waals surface area contributed by atoms with E-state index in [1.807, 2.05) is 0 Å². The molecule has 15 heavy (non-hydrogen) atoms. The summed E-state index contributed by atoms with van der Waals surface area (Å²) in [5, 5.41) is 8.96. The molecule has 3 nitrogen and oxygen atoms in total. The number of rotatable bonds is 7. The van der Waals surface area contributed by atoms with Crippen molar-refractivity contribution in [2.45, 2.75) is 0 Å². The molecule has 0 unspecified atom stereocenters. The van der Waals surface area contributed by atoms with Crippen molar-refractivity contribution in [3.8, 4) is 0 Å². The predicted octanol–water partition coefficient (Wildman–Crippen LogP) is 1.95. The summed E-state index contributed by atoms with van der Waals surface area (Å²) in [6, 6.07) is 0. The molecule has 0 radical (unpaired) electrons. The van der Waals surface area contributed by atoms with Crippen molar-refractivity contribution < 1.29 is 9.90 Å². The largest absolute Gasteiger partial charge is 0.478 e. The van der Waals surface area contributed by atoms with Crippen molar-refractivity contribution >= 4 is 17.7 Å². The van der Waals surface area contributed by atoms with Crippen molar-refractivity contribution in [3.63, 3.8) is 0 Å². The van der Waals surface area contributed by atoms with E-state index in [2.05, 4.69) is 13.2 Å². The Hall–Kier alpha value is -1.26. The quantitative estimate of drug-likeness (QED) is 0.513. The first kappa shape index (κ1) is 13.7. The summed E-state index contributed by atoms with van der Waals surface area (Å²) in [6.07, 6.45) is 6.12. The van der Waals surface area contributed by atoms with Crippen molar-refractivity contribution in [1.82, 2.24) is 0 Å². The summed E-state index contributed by atoms with van der Waals surface area (Å²) >= 11 is 1.39. The van der Waals surface area contributed by atoms with Gasteiger partial charge in [0.15, 0.2) is 0 Å². The van der Waals surface area contributed by atoms with Gasteiger partial charge in [-0.15, -0.1) is 11.8 Å². The van der Waals surface area contributed by atoms with Gasteiger partial charge in [0.2, 0.25) is 0 Å². The predicted molar refractivity (Wildman–Crippen MR) is 65.7 cm³/mol. The van der Waals surface area contributed by atoms with Crippen LogP contribution in [-0.4, -0.2) is 23.4 Å². The van der Waals surface area contributed by atoms with Gasteiger partial charge in [0.05, 0.1) is 5.57 Å². The third kappa shape index (κ3) is 5.24. The summed E-state index contributed by atoms with van der Waals surface area (Å²) in [7, 11) is 0. The van der Waals surface area contributed by atoms with Crippen LogP contribution < -0.4 is 5.73 Å². The van der Waals surface area contributed by atoms with Crippen LogP contribution in [0.5, 0.6) is 0 Å². The molecule has 0 saturated carbocycles. The Morgan fingerprint density at radius 1 is 1.33 bits per heavy atom. The van der Waals surface area contributed by atoms with Gasteiger partial charge in [0, 0.05) is 17.2 Å². The molecule has 0 heterocycles. The van der Waals surface area contributed by atoms with Crippen molar-refractivity contribution in [1.29, 1.82) is 0 Å². The maximum Gasteiger partial charge on any atom is 0.336 e. The molecule has 0 saturated heterocycles. The van der Waals surface area contributed by atoms with E-state index in [1.165, 1.54) is 23.9 Å². The normalized spacial score (nSPS) is 12.3. The van der Waals surface area contributed by atoms with Crippen LogP contribution in [0.3, 0.4) is 0 Å². The molecule has 4 heteroatoms. The molecule has 0 amide bonds. The summed E-state index contributed by atoms with van der Waals surface area (Å²) in [5.41, 5.74) is 5.57. The molecular formula is C11H15NO2S. The van der Waals surface area contributed by atoms with Gasteiger partial charge >= 0.3 is 5.97 Å². The number of carboxylic acids is 1. The first-order chi connectivity index (χ1) is 7.17. The van der Waals surface area contributed by atoms with E-state index in [9.17, 15) is 4.79 Å². The lowest BCUT2D eigenvalue weighted by molar-refractivity contribution is -0.132. The van der Waals surface area contributed by atoms with Crippen LogP contribution in [0, 0.1) is 0 Å². The fourth-order valence-corrected chi connectivity index (χ4v) is 1.71. The summed E-state index contributed by atoms with van der Waals surface area (Å²) in [4.78, 5) is 11.6. The monoisotopic (exact) mass is 225 g/mol. The second-order valence-electron chi connectivity index (χ2n) is 2.52. The summed E-state index contributed by atoms with van der Waals surface area (Å²) in [5.74, 6) is -0.311. The molecule has 0 aromatic rings. The molecule has 82 valence electrons. The van der Waals surface area contributed by atoms with Crippen molar-refractivity contribution in [3.05, 3.63) is 47.9 Å². The zero-order chi connectivity index (χ0) is 11.7. The van der Waals surface area contributed by atoms with E-state index in [1.54, 1.807) is 12.2 Å². The molecule has 3 N–H and O–H groups in total. The minimum atomic E-state index is -0.979. The van der Waals surface area contributed by atoms with Gasteiger partial charge in [-0.1, -0.05) is 25.3 Å². The SMILES string of the molecule is C=C/C=C(C(=O)O)\C(=C/C=C)SCCN. The van der Waals surface area contributed by atoms with Gasteiger partial charge in [-0.3, -0.25) is 0 Å². The Morgan fingerprint density at radius 2 is 1.93 bits per heavy atom. The number of hydrogen-bond acceptors (Lipinski definition) is 3. The van der Waals surface area contributed by atoms with Gasteiger partial charge in [-0.2, -0.15) is 0 Å². The van der Waals surface area contributed by atoms with E-state index >= 15 is 0 Å². The van der Waals surface area contributed by atoms with Crippen LogP contribution in [0.15, 0.2) is 47.9 Å². The second-order valence-corrected chi connectivity index (χ2v) is 3.66. The van der Waals surface area contributed by atoms with Crippen LogP contribution in [0.4, 0.5) is 0 Å². The molecule has 0 aliphatic rings. The highest BCUT2D eigenvalue weighted by Gasteiger charge is 2.11. The van der Waals surface area contributed by atoms with Crippen LogP contribution >= 0.6 is 11.8 Å². The molecule has 0 rings (SSSR count). The lowest BCUT2D eigenvalue weighted by Gasteiger charge is -2.06. The standard InChI is InChI=1S/C11H15NO2S/c1-3-5-9(11(13)14)10(6-4-2)15-8-7-12/h3-6H,1-2,7-8,12H2,(H,13,14)/b9-5+,10-6+. The Labute approximate surface area is 94.0 Å². The Bertz CT molecular complexity index is 306. The van der Waals surface area contributed by atoms with Crippen LogP contribution in [-0.2, 0) is 4.79 Å². The van der Waals surface area contributed by atoms with E-state index < -0.39 is 5.97 Å². The van der Waals surface area contributed by atoms with E-state index in [0.717, 1.165) is 0 Å². The molecule has 0 fully saturated rings. The molecular weight excluding hydrogens is 210 g/mol. The average Bonchev–Trinajstić information content (AvgIpc) is 2.21. The molecule has 0 aliphatic heterocycles. The van der Waals surface area contributed by atoms with Crippen LogP contribution in [0.25, 0.3) is 0 Å². The lowest BCUT2D eigenvalue weighted by atomic mass is 10.2. The molecule has 0 bridgehead atoms. The Morgan fingerprint density at radius 3 is 2.33 bits per heavy atom. The maximum absolute atomic E-state index is 10.9. The molecule has 0 spiro atoms. The first-order valence-electron chi connectivity index (χ1n) is 4.39. The number of carboxylic acid groups (broad SMARTS) is 1. The van der Waals surface area contributed by atoms with E-state index in [-0.39, 0.29) is 5.57 Å². The first-order valence-corrected chi connectivity index (χ1v) is 5.37. The number of nitrogens with two attached hydrogens (primary N) is 1. The smallest absolute Gasteiger partial charge is 0.336 e. The third-order valence-electron chi connectivity index (χ3n) is 1.43. The van der Waals surface area contributed by atoms with Crippen molar-refractivity contribution in [2.24, 2.45) is 5.73 Å². The van der Waals surface area contributed by atoms with Gasteiger partial charge in [0.1, 0.15) is 0 Å². The lowest BCUT2D eigenvalue weighted by Crippen LogP contribution is -2.05. The van der Waals surface area contributed by atoms with Gasteiger partial charge < -0.3 is 10.8 Å². The number of carbonyl (C=O) groups is 1. The topological polar surface area (TPSA) is 63.3 Å². The Kier molecular flexibility index (Phi) is 7.40. The third-order valence-corrected chi connectivity index (χ3v) is 2.53. The van der Waals surface area contributed by atoms with Gasteiger partial charge in [-0.05, 0) is 12.2 Å². The zero-order valence-corrected chi connectivity index (χ0v) is 9.30. The summed E-state index contributed by atoms with van der Waals surface area (Å²) in [6.45, 7) is 7.52. The van der Waals surface area contributed by atoms with Gasteiger partial charge in [-0.25, -0.2) is 4.79 Å². The zero-order valence-electron chi connectivity index (χ0n) is 8.48. The number of hydrogen-bond donors (Lipinski definition) is 2. The van der Waals surface area contributed by atoms with Gasteiger partial charge in [0.25, 0.3) is 0 Å². The Balaban J connectivity index is 4.93. The number of thioether (sulfide) groups is 1. The van der Waals surface area contributed by atoms with E-state index in [0.29, 0.717) is 17.2 Å². The van der Waals surface area contributed by atoms with Crippen LogP contribution in [0.2, 0.25) is 0 Å². The molecule has 0 aromatic carbocycles. The second kappa shape index (κ2) is 8.08. The summed E-state index contributed by atoms with van der Waals surface area (Å²) < 4.78 is 0. The number of aliphatic carboxylic acids is 1.